The molecule has 14 aromatic heterocycles. The number of ether oxygens (including phenoxy) is 1. The van der Waals surface area contributed by atoms with Crippen LogP contribution in [0.25, 0.3) is 65.8 Å². The fraction of sp³-hybridized carbons (Fsp3) is 0.471. The second kappa shape index (κ2) is 76.4. The largest absolute Gasteiger partial charge is 1.00 e. The van der Waals surface area contributed by atoms with Gasteiger partial charge in [0, 0.05) is 115 Å². The number of unbranched alkanes of at least 4 members (excludes halogenated alkanes) is 18. The van der Waals surface area contributed by atoms with Gasteiger partial charge in [0.25, 0.3) is 6.47 Å². The van der Waals surface area contributed by atoms with Gasteiger partial charge in [-0.1, -0.05) is 208 Å². The number of aryl methyl sites for hydroxylation is 6. The van der Waals surface area contributed by atoms with Crippen molar-refractivity contribution in [3.63, 3.8) is 0 Å². The topological polar surface area (TPSA) is 94.7 Å². The maximum absolute atomic E-state index is 9.96. The van der Waals surface area contributed by atoms with Gasteiger partial charge < -0.3 is 16.3 Å². The molecule has 1 radical (unpaired) electrons. The molecule has 0 spiro atoms. The fourth-order valence-electron chi connectivity index (χ4n) is 12.2. The minimum absolute atomic E-state index is 0. The molecule has 0 amide bonds. The van der Waals surface area contributed by atoms with Gasteiger partial charge in [-0.25, -0.2) is 0 Å². The van der Waals surface area contributed by atoms with Gasteiger partial charge in [0.05, 0.1) is 37.9 Å². The number of thiol groups is 1. The number of nitrogens with zero attached hydrogens (tertiary/aromatic N) is 2. The molecular formula is C102H132BBrFK2N2O4S15Si2. The summed E-state index contributed by atoms with van der Waals surface area (Å²) < 4.78 is 44.1. The quantitative estimate of drug-likeness (QED) is 0.00888. The normalized spacial score (nSPS) is 10.8. The first-order chi connectivity index (χ1) is 62.4. The summed E-state index contributed by atoms with van der Waals surface area (Å²) in [5, 5.41) is 22.2. The maximum Gasteiger partial charge on any atom is 1.00 e. The van der Waals surface area contributed by atoms with Crippen LogP contribution in [0.5, 0.6) is 0 Å². The summed E-state index contributed by atoms with van der Waals surface area (Å²) in [6.07, 6.45) is 52.8. The number of nitriles is 1. The number of thiophene rings is 14. The van der Waals surface area contributed by atoms with Gasteiger partial charge in [-0.15, -0.1) is 183 Å². The molecule has 1 aliphatic rings. The molecule has 6 nitrogen and oxygen atoms in total. The molecule has 0 saturated carbocycles. The first-order valence-corrected chi connectivity index (χ1v) is 64.4. The van der Waals surface area contributed by atoms with Gasteiger partial charge in [0.2, 0.25) is 0 Å². The number of fused-ring (bicyclic) bond motifs is 7. The zero-order valence-corrected chi connectivity index (χ0v) is 101. The molecular weight excluding hydrogens is 2040 g/mol. The predicted octanol–water partition coefficient (Wildman–Crippen LogP) is 31.3. The van der Waals surface area contributed by atoms with E-state index in [4.69, 9.17) is 34.3 Å². The van der Waals surface area contributed by atoms with E-state index < -0.39 is 23.3 Å². The smallest absolute Gasteiger partial charge is 1.00 e. The molecule has 15 rings (SSSR count). The molecule has 0 unspecified atom stereocenters. The summed E-state index contributed by atoms with van der Waals surface area (Å²) in [5.41, 5.74) is 6.20. The van der Waals surface area contributed by atoms with Crippen LogP contribution in [-0.2, 0) is 52.9 Å². The van der Waals surface area contributed by atoms with E-state index in [2.05, 4.69) is 274 Å². The predicted molar refractivity (Wildman–Crippen MR) is 601 cm³/mol. The van der Waals surface area contributed by atoms with Crippen molar-refractivity contribution in [3.8, 4) is 65.5 Å². The number of terminal acetylenes is 2. The molecule has 28 heteroatoms. The summed E-state index contributed by atoms with van der Waals surface area (Å²) in [6, 6.07) is 33.6. The number of rotatable bonds is 31. The molecule has 0 N–H and O–H groups in total. The Labute approximate surface area is 941 Å². The van der Waals surface area contributed by atoms with Crippen LogP contribution >= 0.6 is 187 Å². The monoisotopic (exact) mass is 2170 g/mol. The van der Waals surface area contributed by atoms with E-state index in [1.54, 1.807) is 77.4 Å². The zero-order valence-electron chi connectivity index (χ0n) is 81.3. The number of alkyl halides is 1. The van der Waals surface area contributed by atoms with Crippen molar-refractivity contribution in [3.05, 3.63) is 154 Å². The van der Waals surface area contributed by atoms with Crippen LogP contribution in [0.2, 0.25) is 39.3 Å². The molecule has 0 atom stereocenters. The molecule has 1 fully saturated rings. The number of halogens is 2. The van der Waals surface area contributed by atoms with Crippen molar-refractivity contribution in [2.45, 2.75) is 293 Å². The Kier molecular flexibility index (Phi) is 72.2. The number of hydrogen-bond acceptors (Lipinski definition) is 21. The Morgan fingerprint density at radius 1 is 0.469 bits per heavy atom. The molecule has 0 aromatic carbocycles. The number of hydrogen-bond donors (Lipinski definition) is 1. The summed E-state index contributed by atoms with van der Waals surface area (Å²) in [5.74, 6) is 18.7. The van der Waals surface area contributed by atoms with Crippen LogP contribution in [0, 0.1) is 70.8 Å². The third-order valence-corrected chi connectivity index (χ3v) is 36.4. The summed E-state index contributed by atoms with van der Waals surface area (Å²) in [6.45, 7) is 30.2. The molecule has 0 bridgehead atoms. The van der Waals surface area contributed by atoms with E-state index in [-0.39, 0.29) is 111 Å². The third kappa shape index (κ3) is 53.9. The Hall–Kier alpha value is -1.37. The second-order valence-corrected chi connectivity index (χ2v) is 58.3. The summed E-state index contributed by atoms with van der Waals surface area (Å²) in [7, 11) is 0.977. The Morgan fingerprint density at radius 2 is 0.723 bits per heavy atom. The van der Waals surface area contributed by atoms with E-state index >= 15 is 0 Å². The summed E-state index contributed by atoms with van der Waals surface area (Å²) in [4.78, 5) is 25.0. The standard InChI is InChI=1S/C28H30S4.C17H24S2Si.C14H16S2.C12H15BrS2.C12H16S2.C6H4S2.C5H10Si.C4H8O.C2H3N.CH3F.CH2O3.BHNS.2K.H/c1-3-5-7-9-13-21-17-25-27(29-21)19-23(31-25)15-11-12-16-24-20-28-26(32-24)18-22(30-28)14-10-8-6-4-2;1-5-6-7-8-9-14-12-16-17(18-14)13-15(19-16)10-11-20(2,3)4;1-3-5-6-7-8-12-10-14-13(16-12)9-11(4-2)15-14;1-2-3-4-5-6-9-7-10-11(14-9)8-12(13)15-10;1-2-3-4-5-6-10-9-12-11(14-10)7-8-13-12;1-3-7-6-2-4-8-5(1)6;1-5-6(2,3)4;1-2-4-5-3-1;1-2-3;1-2;2-1-4-3;1-2-3;;;/h17-20H,3-10,13-14H2,1-2H3;12-13H,5-9H2,1-4H3;2,9-10H,3,5-8H2,1H3;7-8H,2-6H2,1H3;7-9H,2-6H2,1H3;1-4H;1H,2-4H3;1-4H2;1H3;1H3;1,3H;3H;;;/q;;;;;;;;;;;;2*+1;-1/p-1/i;;;;;;;;;1D;;;;;. The van der Waals surface area contributed by atoms with Crippen molar-refractivity contribution >= 4 is 284 Å². The average Bonchev–Trinajstić information content (AvgIpc) is 1.65. The van der Waals surface area contributed by atoms with E-state index in [0.717, 1.165) is 27.8 Å². The first kappa shape index (κ1) is 123. The number of carbonyl (C=O) groups is 1. The minimum atomic E-state index is -1.26. The van der Waals surface area contributed by atoms with Gasteiger partial charge >= 0.3 is 128 Å². The fourth-order valence-corrected chi connectivity index (χ4v) is 29.1. The van der Waals surface area contributed by atoms with Crippen molar-refractivity contribution in [1.82, 2.24) is 0 Å². The third-order valence-electron chi connectivity index (χ3n) is 18.6. The Morgan fingerprint density at radius 3 is 0.977 bits per heavy atom. The van der Waals surface area contributed by atoms with Crippen LogP contribution in [0.4, 0.5) is 4.39 Å². The van der Waals surface area contributed by atoms with Crippen LogP contribution < -0.4 is 108 Å². The maximum atomic E-state index is 9.96. The molecule has 14 aromatic rings. The van der Waals surface area contributed by atoms with Gasteiger partial charge in [-0.05, 0) is 231 Å². The second-order valence-electron chi connectivity index (χ2n) is 31.9. The van der Waals surface area contributed by atoms with E-state index in [1.807, 2.05) is 102 Å². The number of carbonyl (C=O) groups excluding carboxylic acids is 1. The van der Waals surface area contributed by atoms with E-state index in [0.29, 0.717) is 0 Å². The van der Waals surface area contributed by atoms with Crippen LogP contribution in [0.15, 0.2) is 109 Å². The molecule has 0 aliphatic carbocycles. The molecule has 1 aliphatic heterocycles. The Balaban J connectivity index is 0.000000772. The van der Waals surface area contributed by atoms with Crippen molar-refractivity contribution in [2.24, 2.45) is 4.30 Å². The van der Waals surface area contributed by atoms with Crippen molar-refractivity contribution in [2.75, 3.05) is 20.4 Å². The van der Waals surface area contributed by atoms with Gasteiger partial charge in [-0.3, -0.25) is 9.18 Å². The molecule has 691 valence electrons. The van der Waals surface area contributed by atoms with Gasteiger partial charge in [-0.2, -0.15) is 5.26 Å². The molecule has 15 heterocycles. The van der Waals surface area contributed by atoms with Gasteiger partial charge in [0.1, 0.15) is 16.1 Å². The Bertz CT molecular complexity index is 5350. The van der Waals surface area contributed by atoms with Gasteiger partial charge in [0.15, 0.2) is 0 Å². The molecule has 130 heavy (non-hydrogen) atoms. The van der Waals surface area contributed by atoms with Crippen LogP contribution in [0.1, 0.15) is 267 Å². The summed E-state index contributed by atoms with van der Waals surface area (Å²) >= 11 is 32.9. The molecule has 1 saturated heterocycles. The van der Waals surface area contributed by atoms with E-state index in [9.17, 15) is 4.39 Å². The minimum Gasteiger partial charge on any atom is -1.00 e. The van der Waals surface area contributed by atoms with Crippen molar-refractivity contribution in [1.29, 1.82) is 5.26 Å². The zero-order chi connectivity index (χ0) is 94.3. The van der Waals surface area contributed by atoms with Crippen LogP contribution in [0.3, 0.4) is 0 Å². The van der Waals surface area contributed by atoms with E-state index in [1.165, 1.54) is 301 Å². The van der Waals surface area contributed by atoms with Crippen LogP contribution in [-0.4, -0.2) is 50.6 Å². The van der Waals surface area contributed by atoms with Crippen molar-refractivity contribution < 1.29 is 130 Å². The SMILES string of the molecule is C#C[Si](C)(C)C.C#Cc1cc2sc(CCCCCC)cc2s1.C1CCOC1.CC#N.CCCCCCc1cc2sc(Br)cc2s1.CCCCCCc1cc2sc(C#CC#Cc3cc4sc(CCCCCC)cc4s3)cc2s1.CCCCCCc1cc2sc(C#C[Si](C)(C)C)cc2s1.CCCCCCc1cc2sccc2s1.O=CO[O-].[2H]CF.[B]=NS.[H-].[K+].[K+].c1cc2sccc2s1. The average molecular weight is 2180 g/mol. The first-order valence-electron chi connectivity index (χ1n) is 45.3.